The first-order chi connectivity index (χ1) is 11.7. The molecule has 0 aromatic heterocycles. The zero-order valence-corrected chi connectivity index (χ0v) is 14.6. The van der Waals surface area contributed by atoms with E-state index in [0.29, 0.717) is 6.54 Å². The summed E-state index contributed by atoms with van der Waals surface area (Å²) in [6.45, 7) is 4.31. The highest BCUT2D eigenvalue weighted by Gasteiger charge is 2.47. The highest BCUT2D eigenvalue weighted by molar-refractivity contribution is 5.89. The topological polar surface area (TPSA) is 29.5 Å². The van der Waals surface area contributed by atoms with Crippen molar-refractivity contribution in [2.45, 2.75) is 63.4 Å². The van der Waals surface area contributed by atoms with Crippen LogP contribution in [0.4, 0.5) is 4.39 Å². The SMILES string of the molecule is CCCN(CC1CCCCO1)C(=O)C1(c2cccc(F)c2)CCC1. The van der Waals surface area contributed by atoms with Gasteiger partial charge < -0.3 is 9.64 Å². The van der Waals surface area contributed by atoms with Gasteiger partial charge in [0.25, 0.3) is 0 Å². The van der Waals surface area contributed by atoms with E-state index in [1.54, 1.807) is 6.07 Å². The third-order valence-corrected chi connectivity index (χ3v) is 5.47. The summed E-state index contributed by atoms with van der Waals surface area (Å²) in [5, 5.41) is 0. The number of amides is 1. The molecule has 4 heteroatoms. The number of carbonyl (C=O) groups excluding carboxylic acids is 1. The highest BCUT2D eigenvalue weighted by Crippen LogP contribution is 2.45. The average Bonchev–Trinajstić information content (AvgIpc) is 2.54. The van der Waals surface area contributed by atoms with E-state index < -0.39 is 5.41 Å². The largest absolute Gasteiger partial charge is 0.376 e. The number of benzene rings is 1. The number of halogens is 1. The van der Waals surface area contributed by atoms with E-state index in [0.717, 1.165) is 57.2 Å². The van der Waals surface area contributed by atoms with Gasteiger partial charge in [0.2, 0.25) is 5.91 Å². The summed E-state index contributed by atoms with van der Waals surface area (Å²) in [6, 6.07) is 6.60. The number of hydrogen-bond acceptors (Lipinski definition) is 2. The van der Waals surface area contributed by atoms with E-state index in [1.165, 1.54) is 18.6 Å². The van der Waals surface area contributed by atoms with Gasteiger partial charge in [0.1, 0.15) is 5.82 Å². The van der Waals surface area contributed by atoms with Crippen LogP contribution in [0.5, 0.6) is 0 Å². The molecule has 2 fully saturated rings. The first-order valence-electron chi connectivity index (χ1n) is 9.33. The summed E-state index contributed by atoms with van der Waals surface area (Å²) in [6.07, 6.45) is 7.07. The van der Waals surface area contributed by atoms with Crippen molar-refractivity contribution in [1.82, 2.24) is 4.90 Å². The summed E-state index contributed by atoms with van der Waals surface area (Å²) in [5.41, 5.74) is 0.316. The standard InChI is InChI=1S/C20H28FNO2/c1-2-12-22(15-18-9-3-4-13-24-18)19(23)20(10-6-11-20)16-7-5-8-17(21)14-16/h5,7-8,14,18H,2-4,6,9-13,15H2,1H3. The molecule has 0 spiro atoms. The Labute approximate surface area is 144 Å². The fraction of sp³-hybridized carbons (Fsp3) is 0.650. The second-order valence-corrected chi connectivity index (χ2v) is 7.19. The van der Waals surface area contributed by atoms with E-state index in [4.69, 9.17) is 4.74 Å². The monoisotopic (exact) mass is 333 g/mol. The molecule has 0 N–H and O–H groups in total. The molecule has 132 valence electrons. The maximum atomic E-state index is 13.7. The predicted octanol–water partition coefficient (Wildman–Crippen LogP) is 4.06. The normalized spacial score (nSPS) is 22.7. The van der Waals surface area contributed by atoms with Crippen LogP contribution in [-0.4, -0.2) is 36.6 Å². The Balaban J connectivity index is 1.79. The Hall–Kier alpha value is -1.42. The van der Waals surface area contributed by atoms with Crippen LogP contribution < -0.4 is 0 Å². The molecule has 3 nitrogen and oxygen atoms in total. The Morgan fingerprint density at radius 2 is 2.17 bits per heavy atom. The van der Waals surface area contributed by atoms with Crippen LogP contribution in [0.25, 0.3) is 0 Å². The fourth-order valence-corrected chi connectivity index (χ4v) is 3.99. The van der Waals surface area contributed by atoms with Gasteiger partial charge in [0.15, 0.2) is 0 Å². The van der Waals surface area contributed by atoms with Gasteiger partial charge in [-0.1, -0.05) is 25.5 Å². The Kier molecular flexibility index (Phi) is 5.54. The van der Waals surface area contributed by atoms with Gasteiger partial charge in [-0.25, -0.2) is 4.39 Å². The lowest BCUT2D eigenvalue weighted by atomic mass is 9.63. The predicted molar refractivity (Wildman–Crippen MR) is 92.4 cm³/mol. The van der Waals surface area contributed by atoms with Gasteiger partial charge >= 0.3 is 0 Å². The lowest BCUT2D eigenvalue weighted by Gasteiger charge is -2.45. The Bertz CT molecular complexity index is 565. The van der Waals surface area contributed by atoms with E-state index in [1.807, 2.05) is 11.0 Å². The molecule has 1 aromatic carbocycles. The van der Waals surface area contributed by atoms with Crippen LogP contribution in [0.3, 0.4) is 0 Å². The van der Waals surface area contributed by atoms with Crippen molar-refractivity contribution >= 4 is 5.91 Å². The molecule has 1 atom stereocenters. The number of nitrogens with zero attached hydrogens (tertiary/aromatic N) is 1. The molecule has 0 bridgehead atoms. The Morgan fingerprint density at radius 3 is 2.75 bits per heavy atom. The molecular weight excluding hydrogens is 305 g/mol. The van der Waals surface area contributed by atoms with Crippen LogP contribution in [0.1, 0.15) is 57.4 Å². The molecule has 1 aliphatic heterocycles. The van der Waals surface area contributed by atoms with Crippen LogP contribution in [0, 0.1) is 5.82 Å². The van der Waals surface area contributed by atoms with Crippen molar-refractivity contribution in [3.63, 3.8) is 0 Å². The van der Waals surface area contributed by atoms with Gasteiger partial charge in [0, 0.05) is 19.7 Å². The third-order valence-electron chi connectivity index (χ3n) is 5.47. The second kappa shape index (κ2) is 7.64. The maximum absolute atomic E-state index is 13.7. The van der Waals surface area contributed by atoms with Crippen molar-refractivity contribution in [2.75, 3.05) is 19.7 Å². The van der Waals surface area contributed by atoms with Gasteiger partial charge in [-0.3, -0.25) is 4.79 Å². The number of carbonyl (C=O) groups is 1. The molecule has 1 unspecified atom stereocenters. The maximum Gasteiger partial charge on any atom is 0.233 e. The van der Waals surface area contributed by atoms with E-state index in [2.05, 4.69) is 6.92 Å². The number of ether oxygens (including phenoxy) is 1. The molecule has 1 saturated heterocycles. The van der Waals surface area contributed by atoms with Crippen molar-refractivity contribution in [3.05, 3.63) is 35.6 Å². The molecule has 24 heavy (non-hydrogen) atoms. The molecule has 1 aromatic rings. The minimum atomic E-state index is -0.522. The molecule has 1 saturated carbocycles. The van der Waals surface area contributed by atoms with Crippen LogP contribution >= 0.6 is 0 Å². The summed E-state index contributed by atoms with van der Waals surface area (Å²) in [5.74, 6) is -0.0976. The van der Waals surface area contributed by atoms with Gasteiger partial charge in [0.05, 0.1) is 11.5 Å². The summed E-state index contributed by atoms with van der Waals surface area (Å²) in [7, 11) is 0. The van der Waals surface area contributed by atoms with E-state index in [-0.39, 0.29) is 17.8 Å². The van der Waals surface area contributed by atoms with Gasteiger partial charge in [-0.2, -0.15) is 0 Å². The van der Waals surface area contributed by atoms with Gasteiger partial charge in [-0.15, -0.1) is 0 Å². The van der Waals surface area contributed by atoms with Crippen LogP contribution in [0.2, 0.25) is 0 Å². The van der Waals surface area contributed by atoms with E-state index >= 15 is 0 Å². The number of rotatable bonds is 6. The summed E-state index contributed by atoms with van der Waals surface area (Å²) < 4.78 is 19.5. The second-order valence-electron chi connectivity index (χ2n) is 7.19. The first kappa shape index (κ1) is 17.4. The quantitative estimate of drug-likeness (QED) is 0.786. The van der Waals surface area contributed by atoms with Crippen LogP contribution in [-0.2, 0) is 14.9 Å². The zero-order valence-electron chi connectivity index (χ0n) is 14.6. The first-order valence-corrected chi connectivity index (χ1v) is 9.33. The lowest BCUT2D eigenvalue weighted by Crippen LogP contribution is -2.53. The summed E-state index contributed by atoms with van der Waals surface area (Å²) in [4.78, 5) is 15.3. The highest BCUT2D eigenvalue weighted by atomic mass is 19.1. The minimum absolute atomic E-state index is 0.152. The van der Waals surface area contributed by atoms with Crippen LogP contribution in [0.15, 0.2) is 24.3 Å². The third kappa shape index (κ3) is 3.49. The Morgan fingerprint density at radius 1 is 1.33 bits per heavy atom. The van der Waals surface area contributed by atoms with Crippen molar-refractivity contribution in [2.24, 2.45) is 0 Å². The molecule has 0 radical (unpaired) electrons. The molecule has 2 aliphatic rings. The molecule has 1 amide bonds. The van der Waals surface area contributed by atoms with Crippen molar-refractivity contribution in [1.29, 1.82) is 0 Å². The number of hydrogen-bond donors (Lipinski definition) is 0. The smallest absolute Gasteiger partial charge is 0.233 e. The lowest BCUT2D eigenvalue weighted by molar-refractivity contribution is -0.143. The van der Waals surface area contributed by atoms with Crippen molar-refractivity contribution < 1.29 is 13.9 Å². The minimum Gasteiger partial charge on any atom is -0.376 e. The van der Waals surface area contributed by atoms with E-state index in [9.17, 15) is 9.18 Å². The molecule has 3 rings (SSSR count). The zero-order chi connectivity index (χ0) is 17.0. The fourth-order valence-electron chi connectivity index (χ4n) is 3.99. The molecule has 1 heterocycles. The molecule has 1 aliphatic carbocycles. The van der Waals surface area contributed by atoms with Crippen molar-refractivity contribution in [3.8, 4) is 0 Å². The molecular formula is C20H28FNO2. The average molecular weight is 333 g/mol. The van der Waals surface area contributed by atoms with Gasteiger partial charge in [-0.05, 0) is 56.2 Å². The summed E-state index contributed by atoms with van der Waals surface area (Å²) >= 11 is 0.